The van der Waals surface area contributed by atoms with Crippen molar-refractivity contribution in [3.05, 3.63) is 18.2 Å². The fourth-order valence-electron chi connectivity index (χ4n) is 1.88. The summed E-state index contributed by atoms with van der Waals surface area (Å²) in [6.07, 6.45) is 1.46. The van der Waals surface area contributed by atoms with Gasteiger partial charge in [0.1, 0.15) is 11.5 Å². The molecule has 0 aromatic heterocycles. The first kappa shape index (κ1) is 18.1. The Kier molecular flexibility index (Phi) is 6.48. The molecule has 0 atom stereocenters. The van der Waals surface area contributed by atoms with Crippen molar-refractivity contribution in [2.45, 2.75) is 13.3 Å². The lowest BCUT2D eigenvalue weighted by molar-refractivity contribution is -0.120. The van der Waals surface area contributed by atoms with Gasteiger partial charge in [-0.05, 0) is 12.1 Å². The third-order valence-corrected chi connectivity index (χ3v) is 4.19. The number of benzene rings is 1. The van der Waals surface area contributed by atoms with Crippen molar-refractivity contribution >= 4 is 21.6 Å². The van der Waals surface area contributed by atoms with Gasteiger partial charge in [-0.1, -0.05) is 6.92 Å². The maximum absolute atomic E-state index is 12.0. The van der Waals surface area contributed by atoms with Crippen LogP contribution in [0.4, 0.5) is 5.69 Å². The number of sulfonamides is 1. The Morgan fingerprint density at radius 3 is 2.45 bits per heavy atom. The van der Waals surface area contributed by atoms with Gasteiger partial charge in [0, 0.05) is 19.0 Å². The van der Waals surface area contributed by atoms with E-state index in [4.69, 9.17) is 9.47 Å². The first-order valence-corrected chi connectivity index (χ1v) is 8.64. The molecule has 0 heterocycles. The van der Waals surface area contributed by atoms with E-state index in [0.29, 0.717) is 23.6 Å². The molecule has 22 heavy (non-hydrogen) atoms. The third-order valence-electron chi connectivity index (χ3n) is 3.01. The normalized spacial score (nSPS) is 10.9. The number of methoxy groups -OCH3 is 2. The van der Waals surface area contributed by atoms with Crippen LogP contribution >= 0.6 is 0 Å². The van der Waals surface area contributed by atoms with E-state index in [1.807, 2.05) is 0 Å². The second kappa shape index (κ2) is 7.88. The van der Waals surface area contributed by atoms with Crippen molar-refractivity contribution in [2.24, 2.45) is 0 Å². The number of hydrogen-bond donors (Lipinski definition) is 1. The van der Waals surface area contributed by atoms with E-state index in [-0.39, 0.29) is 19.0 Å². The average molecular weight is 330 g/mol. The molecule has 0 aliphatic rings. The lowest BCUT2D eigenvalue weighted by Gasteiger charge is -2.24. The van der Waals surface area contributed by atoms with E-state index in [9.17, 15) is 13.2 Å². The molecule has 0 spiro atoms. The number of ether oxygens (including phenoxy) is 2. The number of amides is 1. The molecule has 7 nitrogen and oxygen atoms in total. The average Bonchev–Trinajstić information content (AvgIpc) is 2.49. The minimum Gasteiger partial charge on any atom is -0.497 e. The number of hydrogen-bond acceptors (Lipinski definition) is 5. The maximum Gasteiger partial charge on any atom is 0.232 e. The third kappa shape index (κ3) is 4.80. The van der Waals surface area contributed by atoms with Crippen LogP contribution in [0.25, 0.3) is 0 Å². The highest BCUT2D eigenvalue weighted by Crippen LogP contribution is 2.33. The van der Waals surface area contributed by atoms with E-state index >= 15 is 0 Å². The minimum atomic E-state index is -3.51. The lowest BCUT2D eigenvalue weighted by Crippen LogP contribution is -2.38. The molecule has 1 amide bonds. The molecular formula is C14H22N2O5S. The summed E-state index contributed by atoms with van der Waals surface area (Å²) in [6.45, 7) is 2.07. The molecule has 0 fully saturated rings. The summed E-state index contributed by atoms with van der Waals surface area (Å²) in [5, 5.41) is 2.65. The van der Waals surface area contributed by atoms with Crippen molar-refractivity contribution in [1.82, 2.24) is 5.32 Å². The van der Waals surface area contributed by atoms with Crippen LogP contribution in [0.15, 0.2) is 18.2 Å². The van der Waals surface area contributed by atoms with Gasteiger partial charge >= 0.3 is 0 Å². The number of carbonyl (C=O) groups excluding carboxylic acids is 1. The highest BCUT2D eigenvalue weighted by molar-refractivity contribution is 7.92. The second-order valence-corrected chi connectivity index (χ2v) is 6.48. The Morgan fingerprint density at radius 1 is 1.27 bits per heavy atom. The summed E-state index contributed by atoms with van der Waals surface area (Å²) >= 11 is 0. The van der Waals surface area contributed by atoms with E-state index in [1.165, 1.54) is 18.5 Å². The fraction of sp³-hybridized carbons (Fsp3) is 0.500. The van der Waals surface area contributed by atoms with Crippen LogP contribution < -0.4 is 19.1 Å². The summed E-state index contributed by atoms with van der Waals surface area (Å²) in [5.41, 5.74) is 0.400. The zero-order valence-corrected chi connectivity index (χ0v) is 14.1. The van der Waals surface area contributed by atoms with E-state index in [1.54, 1.807) is 25.1 Å². The Morgan fingerprint density at radius 2 is 1.95 bits per heavy atom. The summed E-state index contributed by atoms with van der Waals surface area (Å²) in [5.74, 6) is 0.815. The zero-order valence-electron chi connectivity index (χ0n) is 13.3. The number of nitrogens with zero attached hydrogens (tertiary/aromatic N) is 1. The molecule has 124 valence electrons. The van der Waals surface area contributed by atoms with Crippen LogP contribution in [0.2, 0.25) is 0 Å². The largest absolute Gasteiger partial charge is 0.497 e. The van der Waals surface area contributed by atoms with Gasteiger partial charge in [-0.3, -0.25) is 9.10 Å². The van der Waals surface area contributed by atoms with Crippen LogP contribution in [0.5, 0.6) is 11.5 Å². The van der Waals surface area contributed by atoms with Gasteiger partial charge < -0.3 is 14.8 Å². The standard InChI is InChI=1S/C14H22N2O5S/c1-5-14(17)15-8-9-16(22(4,18)19)12-7-6-11(20-2)10-13(12)21-3/h6-7,10H,5,8-9H2,1-4H3,(H,15,17). The molecule has 0 aliphatic carbocycles. The predicted octanol–water partition coefficient (Wildman–Crippen LogP) is 0.996. The van der Waals surface area contributed by atoms with Crippen LogP contribution in [0.1, 0.15) is 13.3 Å². The van der Waals surface area contributed by atoms with Crippen molar-refractivity contribution in [2.75, 3.05) is 37.9 Å². The molecule has 0 aliphatic heterocycles. The highest BCUT2D eigenvalue weighted by atomic mass is 32.2. The van der Waals surface area contributed by atoms with E-state index < -0.39 is 10.0 Å². The summed E-state index contributed by atoms with van der Waals surface area (Å²) in [6, 6.07) is 4.87. The molecule has 0 saturated heterocycles. The molecule has 8 heteroatoms. The van der Waals surface area contributed by atoms with Gasteiger partial charge in [-0.15, -0.1) is 0 Å². The first-order chi connectivity index (χ1) is 10.3. The maximum atomic E-state index is 12.0. The van der Waals surface area contributed by atoms with E-state index in [2.05, 4.69) is 5.32 Å². The Hall–Kier alpha value is -1.96. The molecule has 1 aromatic carbocycles. The van der Waals surface area contributed by atoms with Crippen molar-refractivity contribution in [1.29, 1.82) is 0 Å². The Labute approximate surface area is 131 Å². The fourth-order valence-corrected chi connectivity index (χ4v) is 2.81. The molecule has 0 saturated carbocycles. The van der Waals surface area contributed by atoms with Crippen LogP contribution in [0, 0.1) is 0 Å². The monoisotopic (exact) mass is 330 g/mol. The minimum absolute atomic E-state index is 0.118. The lowest BCUT2D eigenvalue weighted by atomic mass is 10.2. The smallest absolute Gasteiger partial charge is 0.232 e. The van der Waals surface area contributed by atoms with Gasteiger partial charge in [-0.25, -0.2) is 8.42 Å². The van der Waals surface area contributed by atoms with Gasteiger partial charge in [0.05, 0.1) is 32.7 Å². The second-order valence-electron chi connectivity index (χ2n) is 4.58. The SMILES string of the molecule is CCC(=O)NCCN(c1ccc(OC)cc1OC)S(C)(=O)=O. The Bertz CT molecular complexity index is 616. The quantitative estimate of drug-likeness (QED) is 0.768. The number of carbonyl (C=O) groups is 1. The van der Waals surface area contributed by atoms with Crippen LogP contribution in [-0.2, 0) is 14.8 Å². The van der Waals surface area contributed by atoms with Gasteiger partial charge in [0.25, 0.3) is 0 Å². The molecular weight excluding hydrogens is 308 g/mol. The highest BCUT2D eigenvalue weighted by Gasteiger charge is 2.21. The van der Waals surface area contributed by atoms with Crippen LogP contribution in [-0.4, -0.2) is 47.9 Å². The molecule has 0 bridgehead atoms. The van der Waals surface area contributed by atoms with Crippen LogP contribution in [0.3, 0.4) is 0 Å². The topological polar surface area (TPSA) is 84.9 Å². The predicted molar refractivity (Wildman–Crippen MR) is 85.0 cm³/mol. The molecule has 0 unspecified atom stereocenters. The first-order valence-electron chi connectivity index (χ1n) is 6.80. The van der Waals surface area contributed by atoms with Gasteiger partial charge in [0.2, 0.25) is 15.9 Å². The Balaban J connectivity index is 3.05. The molecule has 1 aromatic rings. The summed E-state index contributed by atoms with van der Waals surface area (Å²) in [7, 11) is -0.541. The number of rotatable bonds is 8. The molecule has 1 N–H and O–H groups in total. The molecule has 0 radical (unpaired) electrons. The van der Waals surface area contributed by atoms with E-state index in [0.717, 1.165) is 6.26 Å². The number of anilines is 1. The van der Waals surface area contributed by atoms with Crippen molar-refractivity contribution in [3.8, 4) is 11.5 Å². The van der Waals surface area contributed by atoms with Crippen molar-refractivity contribution < 1.29 is 22.7 Å². The summed E-state index contributed by atoms with van der Waals surface area (Å²) < 4.78 is 35.6. The zero-order chi connectivity index (χ0) is 16.8. The number of nitrogens with one attached hydrogen (secondary N) is 1. The van der Waals surface area contributed by atoms with Gasteiger partial charge in [0.15, 0.2) is 0 Å². The summed E-state index contributed by atoms with van der Waals surface area (Å²) in [4.78, 5) is 11.3. The van der Waals surface area contributed by atoms with Gasteiger partial charge in [-0.2, -0.15) is 0 Å². The molecule has 1 rings (SSSR count). The van der Waals surface area contributed by atoms with Crippen molar-refractivity contribution in [3.63, 3.8) is 0 Å².